The number of hydrogen-bond donors (Lipinski definition) is 2. The van der Waals surface area contributed by atoms with E-state index in [-0.39, 0.29) is 24.3 Å². The molecule has 2 N–H and O–H groups in total. The third kappa shape index (κ3) is 1.49. The molecule has 1 aromatic heterocycles. The molecule has 1 aliphatic heterocycles. The Morgan fingerprint density at radius 2 is 2.05 bits per heavy atom. The predicted octanol–water partition coefficient (Wildman–Crippen LogP) is 0.699. The summed E-state index contributed by atoms with van der Waals surface area (Å²) in [6.45, 7) is -0.0805. The topological polar surface area (TPSA) is 71.3 Å². The van der Waals surface area contributed by atoms with Gasteiger partial charge in [-0.05, 0) is 18.1 Å². The van der Waals surface area contributed by atoms with Gasteiger partial charge in [-0.2, -0.15) is 0 Å². The van der Waals surface area contributed by atoms with E-state index < -0.39 is 11.8 Å². The van der Waals surface area contributed by atoms with Crippen LogP contribution in [0.4, 0.5) is 0 Å². The van der Waals surface area contributed by atoms with E-state index in [2.05, 4.69) is 9.88 Å². The van der Waals surface area contributed by atoms with Crippen LogP contribution in [0.25, 0.3) is 10.9 Å². The van der Waals surface area contributed by atoms with Crippen molar-refractivity contribution in [2.24, 2.45) is 18.9 Å². The normalized spacial score (nSPS) is 27.6. The molecule has 0 radical (unpaired) electrons. The number of nitrogens with zero attached hydrogens (tertiary/aromatic N) is 1. The number of fused-ring (bicyclic) bond motifs is 5. The number of benzene rings is 1. The van der Waals surface area contributed by atoms with Crippen LogP contribution in [0, 0.1) is 11.8 Å². The van der Waals surface area contributed by atoms with E-state index >= 15 is 0 Å². The summed E-state index contributed by atoms with van der Waals surface area (Å²) in [6.07, 6.45) is 0.624. The molecule has 1 aromatic carbocycles. The van der Waals surface area contributed by atoms with Crippen LogP contribution in [-0.2, 0) is 23.1 Å². The number of imide groups is 1. The van der Waals surface area contributed by atoms with Gasteiger partial charge in [-0.15, -0.1) is 0 Å². The Morgan fingerprint density at radius 3 is 2.81 bits per heavy atom. The summed E-state index contributed by atoms with van der Waals surface area (Å²) in [4.78, 5) is 24.4. The highest BCUT2D eigenvalue weighted by atomic mass is 16.3. The summed E-state index contributed by atoms with van der Waals surface area (Å²) in [7, 11) is 1.98. The molecule has 4 rings (SSSR count). The lowest BCUT2D eigenvalue weighted by atomic mass is 9.72. The number of nitrogens with one attached hydrogen (secondary N) is 1. The minimum absolute atomic E-state index is 0.0805. The van der Waals surface area contributed by atoms with Gasteiger partial charge in [-0.1, -0.05) is 18.2 Å². The molecular formula is C16H16N2O3. The molecule has 5 nitrogen and oxygen atoms in total. The molecule has 2 amide bonds. The fourth-order valence-electron chi connectivity index (χ4n) is 4.02. The minimum Gasteiger partial charge on any atom is -0.396 e. The SMILES string of the molecule is Cn1c2c(c3ccccc31)C1C(=O)NC(=O)C1C(CO)C2. The molecular weight excluding hydrogens is 268 g/mol. The first kappa shape index (κ1) is 12.6. The van der Waals surface area contributed by atoms with Crippen molar-refractivity contribution < 1.29 is 14.7 Å². The maximum atomic E-state index is 12.3. The van der Waals surface area contributed by atoms with Gasteiger partial charge in [0.25, 0.3) is 0 Å². The van der Waals surface area contributed by atoms with Crippen LogP contribution < -0.4 is 5.32 Å². The molecule has 2 aliphatic rings. The van der Waals surface area contributed by atoms with Crippen LogP contribution in [0.3, 0.4) is 0 Å². The predicted molar refractivity (Wildman–Crippen MR) is 76.6 cm³/mol. The summed E-state index contributed by atoms with van der Waals surface area (Å²) in [5, 5.41) is 13.1. The van der Waals surface area contributed by atoms with Crippen molar-refractivity contribution in [2.45, 2.75) is 12.3 Å². The van der Waals surface area contributed by atoms with Crippen molar-refractivity contribution in [1.29, 1.82) is 0 Å². The fraction of sp³-hybridized carbons (Fsp3) is 0.375. The number of rotatable bonds is 1. The summed E-state index contributed by atoms with van der Waals surface area (Å²) in [6, 6.07) is 7.94. The maximum absolute atomic E-state index is 12.3. The number of amides is 2. The summed E-state index contributed by atoms with van der Waals surface area (Å²) in [5.41, 5.74) is 3.08. The van der Waals surface area contributed by atoms with Crippen LogP contribution in [0.15, 0.2) is 24.3 Å². The smallest absolute Gasteiger partial charge is 0.235 e. The molecule has 0 saturated carbocycles. The lowest BCUT2D eigenvalue weighted by Crippen LogP contribution is -2.34. The van der Waals surface area contributed by atoms with E-state index in [1.165, 1.54) is 0 Å². The lowest BCUT2D eigenvalue weighted by Gasteiger charge is -2.30. The molecule has 3 atom stereocenters. The Morgan fingerprint density at radius 1 is 1.29 bits per heavy atom. The van der Waals surface area contributed by atoms with Crippen LogP contribution in [0.2, 0.25) is 0 Å². The van der Waals surface area contributed by atoms with Gasteiger partial charge in [0.1, 0.15) is 0 Å². The monoisotopic (exact) mass is 284 g/mol. The molecule has 2 heterocycles. The summed E-state index contributed by atoms with van der Waals surface area (Å²) in [5.74, 6) is -1.59. The van der Waals surface area contributed by atoms with Crippen molar-refractivity contribution >= 4 is 22.7 Å². The van der Waals surface area contributed by atoms with Crippen LogP contribution in [0.5, 0.6) is 0 Å². The number of carbonyl (C=O) groups is 2. The van der Waals surface area contributed by atoms with Crippen LogP contribution in [0.1, 0.15) is 17.2 Å². The number of hydrogen-bond acceptors (Lipinski definition) is 3. The van der Waals surface area contributed by atoms with Crippen molar-refractivity contribution in [3.05, 3.63) is 35.5 Å². The van der Waals surface area contributed by atoms with Gasteiger partial charge < -0.3 is 9.67 Å². The first-order valence-corrected chi connectivity index (χ1v) is 7.15. The Hall–Kier alpha value is -2.14. The average Bonchev–Trinajstić information content (AvgIpc) is 2.95. The Kier molecular flexibility index (Phi) is 2.50. The molecule has 2 aromatic rings. The zero-order valence-electron chi connectivity index (χ0n) is 11.7. The second kappa shape index (κ2) is 4.18. The van der Waals surface area contributed by atoms with E-state index in [1.54, 1.807) is 0 Å². The molecule has 21 heavy (non-hydrogen) atoms. The molecule has 0 spiro atoms. The van der Waals surface area contributed by atoms with Gasteiger partial charge in [-0.25, -0.2) is 0 Å². The number of aliphatic hydroxyl groups excluding tert-OH is 1. The largest absolute Gasteiger partial charge is 0.396 e. The zero-order chi connectivity index (χ0) is 14.7. The Bertz CT molecular complexity index is 777. The highest BCUT2D eigenvalue weighted by Crippen LogP contribution is 2.46. The van der Waals surface area contributed by atoms with E-state index in [0.717, 1.165) is 22.2 Å². The number of aromatic nitrogens is 1. The van der Waals surface area contributed by atoms with Crippen LogP contribution >= 0.6 is 0 Å². The number of aliphatic hydroxyl groups is 1. The quantitative estimate of drug-likeness (QED) is 0.757. The third-order valence-corrected chi connectivity index (χ3v) is 4.97. The first-order valence-electron chi connectivity index (χ1n) is 7.15. The van der Waals surface area contributed by atoms with Gasteiger partial charge in [0.05, 0.1) is 11.8 Å². The van der Waals surface area contributed by atoms with Crippen molar-refractivity contribution in [2.75, 3.05) is 6.61 Å². The van der Waals surface area contributed by atoms with E-state index in [1.807, 2.05) is 31.3 Å². The van der Waals surface area contributed by atoms with Gasteiger partial charge in [0, 0.05) is 36.2 Å². The second-order valence-corrected chi connectivity index (χ2v) is 5.94. The first-order chi connectivity index (χ1) is 10.1. The molecule has 3 unspecified atom stereocenters. The van der Waals surface area contributed by atoms with Gasteiger partial charge in [-0.3, -0.25) is 14.9 Å². The summed E-state index contributed by atoms with van der Waals surface area (Å²) >= 11 is 0. The average molecular weight is 284 g/mol. The number of para-hydroxylation sites is 1. The van der Waals surface area contributed by atoms with Crippen molar-refractivity contribution in [3.63, 3.8) is 0 Å². The van der Waals surface area contributed by atoms with Gasteiger partial charge in [0.2, 0.25) is 11.8 Å². The highest BCUT2D eigenvalue weighted by molar-refractivity contribution is 6.10. The maximum Gasteiger partial charge on any atom is 0.235 e. The molecule has 108 valence electrons. The lowest BCUT2D eigenvalue weighted by molar-refractivity contribution is -0.126. The summed E-state index contributed by atoms with van der Waals surface area (Å²) < 4.78 is 2.08. The van der Waals surface area contributed by atoms with Crippen LogP contribution in [-0.4, -0.2) is 28.1 Å². The van der Waals surface area contributed by atoms with Gasteiger partial charge in [0.15, 0.2) is 0 Å². The highest BCUT2D eigenvalue weighted by Gasteiger charge is 2.51. The third-order valence-electron chi connectivity index (χ3n) is 4.97. The minimum atomic E-state index is -0.468. The fourth-order valence-corrected chi connectivity index (χ4v) is 4.02. The second-order valence-electron chi connectivity index (χ2n) is 5.94. The Labute approximate surface area is 121 Å². The Balaban J connectivity index is 2.04. The molecule has 0 bridgehead atoms. The van der Waals surface area contributed by atoms with Crippen molar-refractivity contribution in [1.82, 2.24) is 9.88 Å². The van der Waals surface area contributed by atoms with E-state index in [4.69, 9.17) is 0 Å². The van der Waals surface area contributed by atoms with E-state index in [9.17, 15) is 14.7 Å². The number of aryl methyl sites for hydroxylation is 1. The molecule has 1 fully saturated rings. The zero-order valence-corrected chi connectivity index (χ0v) is 11.7. The van der Waals surface area contributed by atoms with Crippen molar-refractivity contribution in [3.8, 4) is 0 Å². The molecule has 1 saturated heterocycles. The van der Waals surface area contributed by atoms with Gasteiger partial charge >= 0.3 is 0 Å². The molecule has 5 heteroatoms. The standard InChI is InChI=1S/C16H16N2O3/c1-18-10-5-3-2-4-9(10)13-11(18)6-8(7-19)12-14(13)16(21)17-15(12)20/h2-5,8,12,14,19H,6-7H2,1H3,(H,17,20,21). The van der Waals surface area contributed by atoms with E-state index in [0.29, 0.717) is 6.42 Å². The number of carbonyl (C=O) groups excluding carboxylic acids is 2. The molecule has 1 aliphatic carbocycles.